The molecule has 0 bridgehead atoms. The largest absolute Gasteiger partial charge is 0.366 e. The van der Waals surface area contributed by atoms with Gasteiger partial charge in [-0.2, -0.15) is 0 Å². The number of benzene rings is 2. The second kappa shape index (κ2) is 8.60. The van der Waals surface area contributed by atoms with Crippen molar-refractivity contribution in [2.24, 2.45) is 0 Å². The zero-order valence-electron chi connectivity index (χ0n) is 19.2. The molecular formula is C26H29ClN2O2S. The number of aryl methyl sites for hydroxylation is 1. The Hall–Kier alpha value is -2.24. The summed E-state index contributed by atoms with van der Waals surface area (Å²) in [6.07, 6.45) is 2.94. The smallest absolute Gasteiger partial charge is 0.293 e. The standard InChI is InChI=1S/C26H29ClN2O2S/c1-6-29-22-11-16(2)19(12-20(22)17(3)14-26(29,4)5)13-23-24(30)28(25(31)32-23)15-18-9-7-8-10-21(18)27/h7-13,17H,6,14-15H2,1-5H3/b23-13-. The maximum Gasteiger partial charge on any atom is 0.293 e. The van der Waals surface area contributed by atoms with Crippen molar-refractivity contribution in [3.05, 3.63) is 68.6 Å². The molecule has 1 atom stereocenters. The molecule has 1 fully saturated rings. The summed E-state index contributed by atoms with van der Waals surface area (Å²) in [6, 6.07) is 11.7. The maximum atomic E-state index is 13.0. The number of carbonyl (C=O) groups is 2. The Balaban J connectivity index is 1.66. The van der Waals surface area contributed by atoms with Gasteiger partial charge in [0.2, 0.25) is 0 Å². The van der Waals surface area contributed by atoms with Crippen LogP contribution in [0.1, 0.15) is 62.3 Å². The molecule has 2 heterocycles. The Kier molecular flexibility index (Phi) is 6.17. The molecule has 6 heteroatoms. The highest BCUT2D eigenvalue weighted by Crippen LogP contribution is 2.45. The van der Waals surface area contributed by atoms with Crippen molar-refractivity contribution in [2.45, 2.75) is 59.0 Å². The Bertz CT molecular complexity index is 1120. The zero-order valence-corrected chi connectivity index (χ0v) is 20.8. The highest BCUT2D eigenvalue weighted by molar-refractivity contribution is 8.18. The van der Waals surface area contributed by atoms with E-state index in [0.29, 0.717) is 15.8 Å². The van der Waals surface area contributed by atoms with Crippen LogP contribution in [-0.4, -0.2) is 28.1 Å². The number of amides is 2. The van der Waals surface area contributed by atoms with E-state index in [1.165, 1.54) is 16.2 Å². The third kappa shape index (κ3) is 4.08. The van der Waals surface area contributed by atoms with Crippen molar-refractivity contribution >= 4 is 46.3 Å². The Morgan fingerprint density at radius 2 is 1.94 bits per heavy atom. The molecule has 0 aromatic heterocycles. The number of imide groups is 1. The maximum absolute atomic E-state index is 13.0. The molecule has 0 saturated carbocycles. The number of hydrogen-bond acceptors (Lipinski definition) is 4. The lowest BCUT2D eigenvalue weighted by Crippen LogP contribution is -2.48. The molecule has 2 aliphatic heterocycles. The minimum Gasteiger partial charge on any atom is -0.366 e. The Morgan fingerprint density at radius 3 is 2.62 bits per heavy atom. The van der Waals surface area contributed by atoms with Gasteiger partial charge in [-0.25, -0.2) is 0 Å². The van der Waals surface area contributed by atoms with Gasteiger partial charge in [0.15, 0.2) is 0 Å². The average molecular weight is 469 g/mol. The topological polar surface area (TPSA) is 40.6 Å². The lowest BCUT2D eigenvalue weighted by Gasteiger charge is -2.47. The number of thioether (sulfide) groups is 1. The first-order chi connectivity index (χ1) is 15.1. The lowest BCUT2D eigenvalue weighted by molar-refractivity contribution is -0.123. The highest BCUT2D eigenvalue weighted by Gasteiger charge is 2.37. The summed E-state index contributed by atoms with van der Waals surface area (Å²) in [7, 11) is 0. The Morgan fingerprint density at radius 1 is 1.22 bits per heavy atom. The van der Waals surface area contributed by atoms with E-state index in [9.17, 15) is 9.59 Å². The molecule has 0 radical (unpaired) electrons. The van der Waals surface area contributed by atoms with Crippen molar-refractivity contribution in [1.29, 1.82) is 0 Å². The van der Waals surface area contributed by atoms with Crippen LogP contribution in [-0.2, 0) is 11.3 Å². The minimum absolute atomic E-state index is 0.108. The molecule has 4 rings (SSSR count). The van der Waals surface area contributed by atoms with Gasteiger partial charge in [0.25, 0.3) is 11.1 Å². The SMILES string of the molecule is CCN1c2cc(C)c(/C=C3\SC(=O)N(Cc4ccccc4Cl)C3=O)cc2C(C)CC1(C)C. The van der Waals surface area contributed by atoms with Crippen LogP contribution in [0.5, 0.6) is 0 Å². The van der Waals surface area contributed by atoms with E-state index in [0.717, 1.165) is 41.4 Å². The Labute approximate surface area is 199 Å². The first-order valence-corrected chi connectivity index (χ1v) is 12.2. The van der Waals surface area contributed by atoms with Gasteiger partial charge in [0.1, 0.15) is 0 Å². The van der Waals surface area contributed by atoms with Crippen LogP contribution in [0.15, 0.2) is 41.3 Å². The highest BCUT2D eigenvalue weighted by atomic mass is 35.5. The van der Waals surface area contributed by atoms with E-state index in [4.69, 9.17) is 11.6 Å². The fourth-order valence-corrected chi connectivity index (χ4v) is 6.00. The molecular weight excluding hydrogens is 440 g/mol. The van der Waals surface area contributed by atoms with Gasteiger partial charge < -0.3 is 4.90 Å². The van der Waals surface area contributed by atoms with E-state index >= 15 is 0 Å². The first-order valence-electron chi connectivity index (χ1n) is 11.0. The summed E-state index contributed by atoms with van der Waals surface area (Å²) in [5.41, 5.74) is 5.55. The molecule has 2 amide bonds. The van der Waals surface area contributed by atoms with Crippen molar-refractivity contribution in [3.63, 3.8) is 0 Å². The first kappa shape index (κ1) is 22.9. The van der Waals surface area contributed by atoms with Crippen molar-refractivity contribution in [1.82, 2.24) is 4.90 Å². The molecule has 1 saturated heterocycles. The predicted molar refractivity (Wildman–Crippen MR) is 134 cm³/mol. The van der Waals surface area contributed by atoms with Gasteiger partial charge in [-0.3, -0.25) is 14.5 Å². The molecule has 0 aliphatic carbocycles. The second-order valence-electron chi connectivity index (χ2n) is 9.29. The van der Waals surface area contributed by atoms with Gasteiger partial charge in [-0.05, 0) is 98.3 Å². The fraction of sp³-hybridized carbons (Fsp3) is 0.385. The molecule has 2 aliphatic rings. The van der Waals surface area contributed by atoms with E-state index in [-0.39, 0.29) is 23.2 Å². The summed E-state index contributed by atoms with van der Waals surface area (Å²) < 4.78 is 0. The van der Waals surface area contributed by atoms with Gasteiger partial charge in [-0.1, -0.05) is 36.7 Å². The predicted octanol–water partition coefficient (Wildman–Crippen LogP) is 7.00. The van der Waals surface area contributed by atoms with Crippen LogP contribution in [0.2, 0.25) is 5.02 Å². The molecule has 4 nitrogen and oxygen atoms in total. The van der Waals surface area contributed by atoms with Crippen molar-refractivity contribution < 1.29 is 9.59 Å². The summed E-state index contributed by atoms with van der Waals surface area (Å²) in [6.45, 7) is 12.3. The quantitative estimate of drug-likeness (QED) is 0.453. The molecule has 2 aromatic carbocycles. The van der Waals surface area contributed by atoms with Crippen LogP contribution < -0.4 is 4.90 Å². The van der Waals surface area contributed by atoms with Crippen LogP contribution in [0.3, 0.4) is 0 Å². The summed E-state index contributed by atoms with van der Waals surface area (Å²) in [5.74, 6) is 0.159. The van der Waals surface area contributed by atoms with Gasteiger partial charge in [0.05, 0.1) is 11.4 Å². The van der Waals surface area contributed by atoms with Gasteiger partial charge in [-0.15, -0.1) is 0 Å². The number of rotatable bonds is 4. The van der Waals surface area contributed by atoms with Crippen LogP contribution in [0.25, 0.3) is 6.08 Å². The van der Waals surface area contributed by atoms with Crippen molar-refractivity contribution in [2.75, 3.05) is 11.4 Å². The van der Waals surface area contributed by atoms with E-state index in [2.05, 4.69) is 51.7 Å². The van der Waals surface area contributed by atoms with Gasteiger partial charge in [0, 0.05) is 22.8 Å². The number of fused-ring (bicyclic) bond motifs is 1. The van der Waals surface area contributed by atoms with Crippen molar-refractivity contribution in [3.8, 4) is 0 Å². The number of hydrogen-bond donors (Lipinski definition) is 0. The third-order valence-electron chi connectivity index (χ3n) is 6.54. The van der Waals surface area contributed by atoms with E-state index < -0.39 is 0 Å². The summed E-state index contributed by atoms with van der Waals surface area (Å²) >= 11 is 7.23. The van der Waals surface area contributed by atoms with E-state index in [1.807, 2.05) is 24.3 Å². The molecule has 1 unspecified atom stereocenters. The normalized spacial score (nSPS) is 21.4. The van der Waals surface area contributed by atoms with E-state index in [1.54, 1.807) is 6.07 Å². The lowest BCUT2D eigenvalue weighted by atomic mass is 9.79. The second-order valence-corrected chi connectivity index (χ2v) is 10.7. The molecule has 0 N–H and O–H groups in total. The average Bonchev–Trinajstić information content (AvgIpc) is 2.98. The fourth-order valence-electron chi connectivity index (χ4n) is 4.98. The number of carbonyl (C=O) groups excluding carboxylic acids is 2. The summed E-state index contributed by atoms with van der Waals surface area (Å²) in [4.78, 5) is 29.9. The molecule has 2 aromatic rings. The van der Waals surface area contributed by atoms with Crippen LogP contribution in [0.4, 0.5) is 10.5 Å². The summed E-state index contributed by atoms with van der Waals surface area (Å²) in [5, 5.41) is 0.294. The van der Waals surface area contributed by atoms with Gasteiger partial charge >= 0.3 is 0 Å². The number of nitrogens with zero attached hydrogens (tertiary/aromatic N) is 2. The minimum atomic E-state index is -0.263. The third-order valence-corrected chi connectivity index (χ3v) is 7.81. The van der Waals surface area contributed by atoms with Crippen LogP contribution in [0, 0.1) is 6.92 Å². The monoisotopic (exact) mass is 468 g/mol. The molecule has 0 spiro atoms. The number of halogens is 1. The zero-order chi connectivity index (χ0) is 23.2. The van der Waals surface area contributed by atoms with Crippen LogP contribution >= 0.6 is 23.4 Å². The molecule has 168 valence electrons. The number of anilines is 1. The molecule has 32 heavy (non-hydrogen) atoms.